The fraction of sp³-hybridized carbons (Fsp3) is 0.600. The van der Waals surface area contributed by atoms with Crippen LogP contribution in [0.1, 0.15) is 17.5 Å². The minimum Gasteiger partial charge on any atom is -0.487 e. The monoisotopic (exact) mass is 300 g/mol. The molecule has 1 aromatic carbocycles. The Bertz CT molecular complexity index is 440. The van der Waals surface area contributed by atoms with E-state index in [2.05, 4.69) is 0 Å². The van der Waals surface area contributed by atoms with Crippen molar-refractivity contribution in [1.82, 2.24) is 0 Å². The molecule has 0 bridgehead atoms. The standard InChI is InChI=1S/C15H21ClO4/c1-9-6-11(16)7-10(2)14(9)20-13-8-12(17)15(13)19-5-4-18-3/h6-7,12-13,15,17H,4-5,8H2,1-3H3. The first-order chi connectivity index (χ1) is 9.52. The third-order valence-electron chi connectivity index (χ3n) is 3.51. The van der Waals surface area contributed by atoms with Gasteiger partial charge in [0.25, 0.3) is 0 Å². The molecule has 1 aliphatic carbocycles. The highest BCUT2D eigenvalue weighted by Crippen LogP contribution is 2.33. The SMILES string of the molecule is COCCOC1C(O)CC1Oc1c(C)cc(Cl)cc1C. The second-order valence-corrected chi connectivity index (χ2v) is 5.59. The molecule has 20 heavy (non-hydrogen) atoms. The van der Waals surface area contributed by atoms with Crippen molar-refractivity contribution in [1.29, 1.82) is 0 Å². The lowest BCUT2D eigenvalue weighted by atomic mass is 9.88. The molecule has 1 aliphatic rings. The molecule has 2 rings (SSSR count). The summed E-state index contributed by atoms with van der Waals surface area (Å²) in [4.78, 5) is 0. The average molecular weight is 301 g/mol. The Labute approximate surface area is 124 Å². The van der Waals surface area contributed by atoms with Crippen LogP contribution in [-0.4, -0.2) is 43.7 Å². The molecule has 0 radical (unpaired) electrons. The molecule has 0 aromatic heterocycles. The van der Waals surface area contributed by atoms with Crippen LogP contribution < -0.4 is 4.74 Å². The van der Waals surface area contributed by atoms with Gasteiger partial charge in [-0.25, -0.2) is 0 Å². The quantitative estimate of drug-likeness (QED) is 0.820. The highest BCUT2D eigenvalue weighted by molar-refractivity contribution is 6.30. The summed E-state index contributed by atoms with van der Waals surface area (Å²) in [7, 11) is 1.62. The fourth-order valence-electron chi connectivity index (χ4n) is 2.39. The maximum Gasteiger partial charge on any atom is 0.130 e. The van der Waals surface area contributed by atoms with Crippen LogP contribution in [0, 0.1) is 13.8 Å². The Hall–Kier alpha value is -0.810. The Balaban J connectivity index is 1.99. The molecule has 0 spiro atoms. The van der Waals surface area contributed by atoms with Crippen molar-refractivity contribution in [2.75, 3.05) is 20.3 Å². The lowest BCUT2D eigenvalue weighted by Gasteiger charge is -2.41. The van der Waals surface area contributed by atoms with Crippen molar-refractivity contribution in [3.8, 4) is 5.75 Å². The molecule has 1 N–H and O–H groups in total. The van der Waals surface area contributed by atoms with Gasteiger partial charge in [-0.15, -0.1) is 0 Å². The molecule has 0 amide bonds. The van der Waals surface area contributed by atoms with Gasteiger partial charge in [0.1, 0.15) is 18.0 Å². The number of hydrogen-bond donors (Lipinski definition) is 1. The number of hydrogen-bond acceptors (Lipinski definition) is 4. The zero-order chi connectivity index (χ0) is 14.7. The van der Waals surface area contributed by atoms with Gasteiger partial charge in [0, 0.05) is 18.6 Å². The second kappa shape index (κ2) is 6.76. The summed E-state index contributed by atoms with van der Waals surface area (Å²) < 4.78 is 16.5. The molecule has 0 heterocycles. The molecular formula is C15H21ClO4. The van der Waals surface area contributed by atoms with Crippen LogP contribution >= 0.6 is 11.6 Å². The molecule has 1 aromatic rings. The van der Waals surface area contributed by atoms with E-state index in [-0.39, 0.29) is 12.2 Å². The molecule has 1 saturated carbocycles. The van der Waals surface area contributed by atoms with Crippen LogP contribution in [0.3, 0.4) is 0 Å². The summed E-state index contributed by atoms with van der Waals surface area (Å²) in [6.07, 6.45) is -0.302. The summed E-state index contributed by atoms with van der Waals surface area (Å²) in [5.41, 5.74) is 1.99. The van der Waals surface area contributed by atoms with Gasteiger partial charge in [-0.2, -0.15) is 0 Å². The van der Waals surface area contributed by atoms with E-state index in [9.17, 15) is 5.11 Å². The number of aliphatic hydroxyl groups excluding tert-OH is 1. The second-order valence-electron chi connectivity index (χ2n) is 5.16. The van der Waals surface area contributed by atoms with Crippen molar-refractivity contribution in [2.24, 2.45) is 0 Å². The summed E-state index contributed by atoms with van der Waals surface area (Å²) in [6.45, 7) is 4.89. The van der Waals surface area contributed by atoms with Gasteiger partial charge in [0.05, 0.1) is 19.3 Å². The molecule has 3 unspecified atom stereocenters. The van der Waals surface area contributed by atoms with Crippen LogP contribution in [0.15, 0.2) is 12.1 Å². The van der Waals surface area contributed by atoms with Crippen molar-refractivity contribution in [3.05, 3.63) is 28.3 Å². The summed E-state index contributed by atoms with van der Waals surface area (Å²) >= 11 is 6.01. The van der Waals surface area contributed by atoms with Crippen molar-refractivity contribution < 1.29 is 19.3 Å². The topological polar surface area (TPSA) is 47.9 Å². The average Bonchev–Trinajstić information content (AvgIpc) is 2.37. The van der Waals surface area contributed by atoms with Crippen LogP contribution in [-0.2, 0) is 9.47 Å². The van der Waals surface area contributed by atoms with Gasteiger partial charge in [0.15, 0.2) is 0 Å². The summed E-state index contributed by atoms with van der Waals surface area (Å²) in [5, 5.41) is 10.5. The van der Waals surface area contributed by atoms with Crippen molar-refractivity contribution >= 4 is 11.6 Å². The Morgan fingerprint density at radius 3 is 2.45 bits per heavy atom. The number of ether oxygens (including phenoxy) is 3. The normalized spacial score (nSPS) is 25.4. The lowest BCUT2D eigenvalue weighted by molar-refractivity contribution is -0.167. The van der Waals surface area contributed by atoms with Gasteiger partial charge >= 0.3 is 0 Å². The minimum atomic E-state index is -0.468. The van der Waals surface area contributed by atoms with E-state index in [0.717, 1.165) is 16.9 Å². The van der Waals surface area contributed by atoms with Gasteiger partial charge in [0.2, 0.25) is 0 Å². The molecule has 3 atom stereocenters. The first-order valence-corrected chi connectivity index (χ1v) is 7.12. The fourth-order valence-corrected chi connectivity index (χ4v) is 2.72. The van der Waals surface area contributed by atoms with Crippen LogP contribution in [0.2, 0.25) is 5.02 Å². The van der Waals surface area contributed by atoms with E-state index in [0.29, 0.717) is 24.7 Å². The maximum atomic E-state index is 9.77. The first kappa shape index (κ1) is 15.6. The Kier molecular flexibility index (Phi) is 5.27. The highest BCUT2D eigenvalue weighted by Gasteiger charge is 2.43. The van der Waals surface area contributed by atoms with E-state index in [1.165, 1.54) is 0 Å². The van der Waals surface area contributed by atoms with Gasteiger partial charge < -0.3 is 19.3 Å². The Morgan fingerprint density at radius 2 is 1.90 bits per heavy atom. The third kappa shape index (κ3) is 3.44. The van der Waals surface area contributed by atoms with Crippen LogP contribution in [0.25, 0.3) is 0 Å². The lowest BCUT2D eigenvalue weighted by Crippen LogP contribution is -2.55. The van der Waals surface area contributed by atoms with E-state index in [1.807, 2.05) is 26.0 Å². The number of rotatable bonds is 6. The molecule has 1 fully saturated rings. The van der Waals surface area contributed by atoms with Crippen molar-refractivity contribution in [2.45, 2.75) is 38.6 Å². The highest BCUT2D eigenvalue weighted by atomic mass is 35.5. The largest absolute Gasteiger partial charge is 0.487 e. The molecule has 112 valence electrons. The van der Waals surface area contributed by atoms with E-state index in [1.54, 1.807) is 7.11 Å². The Morgan fingerprint density at radius 1 is 1.25 bits per heavy atom. The smallest absolute Gasteiger partial charge is 0.130 e. The van der Waals surface area contributed by atoms with E-state index < -0.39 is 6.10 Å². The maximum absolute atomic E-state index is 9.77. The zero-order valence-corrected chi connectivity index (χ0v) is 12.8. The molecule has 0 saturated heterocycles. The van der Waals surface area contributed by atoms with E-state index in [4.69, 9.17) is 25.8 Å². The number of aliphatic hydroxyl groups is 1. The molecule has 4 nitrogen and oxygen atoms in total. The first-order valence-electron chi connectivity index (χ1n) is 6.75. The molecular weight excluding hydrogens is 280 g/mol. The molecule has 0 aliphatic heterocycles. The predicted octanol–water partition coefficient (Wildman–Crippen LogP) is 2.50. The number of benzene rings is 1. The van der Waals surface area contributed by atoms with Gasteiger partial charge in [-0.1, -0.05) is 11.6 Å². The summed E-state index contributed by atoms with van der Waals surface area (Å²) in [6, 6.07) is 3.75. The number of aryl methyl sites for hydroxylation is 2. The predicted molar refractivity (Wildman–Crippen MR) is 77.6 cm³/mol. The third-order valence-corrected chi connectivity index (χ3v) is 3.73. The summed E-state index contributed by atoms with van der Waals surface area (Å²) in [5.74, 6) is 0.826. The number of methoxy groups -OCH3 is 1. The van der Waals surface area contributed by atoms with E-state index >= 15 is 0 Å². The van der Waals surface area contributed by atoms with Crippen LogP contribution in [0.4, 0.5) is 0 Å². The number of halogens is 1. The van der Waals surface area contributed by atoms with Crippen molar-refractivity contribution in [3.63, 3.8) is 0 Å². The minimum absolute atomic E-state index is 0.125. The van der Waals surface area contributed by atoms with Crippen LogP contribution in [0.5, 0.6) is 5.75 Å². The zero-order valence-electron chi connectivity index (χ0n) is 12.1. The van der Waals surface area contributed by atoms with Gasteiger partial charge in [-0.3, -0.25) is 0 Å². The van der Waals surface area contributed by atoms with Gasteiger partial charge in [-0.05, 0) is 37.1 Å². The molecule has 5 heteroatoms.